The Hall–Kier alpha value is -2.49. The maximum atomic E-state index is 6.56. The van der Waals surface area contributed by atoms with E-state index in [0.29, 0.717) is 15.8 Å². The molecule has 0 N–H and O–H groups in total. The zero-order chi connectivity index (χ0) is 21.8. The van der Waals surface area contributed by atoms with Crippen LogP contribution in [0.4, 0.5) is 0 Å². The first kappa shape index (κ1) is 20.4. The maximum absolute atomic E-state index is 6.56. The highest BCUT2D eigenvalue weighted by atomic mass is 35.5. The molecule has 158 valence electrons. The predicted octanol–water partition coefficient (Wildman–Crippen LogP) is 7.53. The van der Waals surface area contributed by atoms with Crippen LogP contribution in [0, 0.1) is 0 Å². The van der Waals surface area contributed by atoms with Crippen LogP contribution in [0.3, 0.4) is 0 Å². The molecule has 2 atom stereocenters. The molecular formula is C26H24Cl2N2O. The lowest BCUT2D eigenvalue weighted by Gasteiger charge is -2.38. The Bertz CT molecular complexity index is 1150. The number of halogens is 2. The van der Waals surface area contributed by atoms with Crippen LogP contribution in [-0.2, 0) is 5.41 Å². The Balaban J connectivity index is 1.60. The van der Waals surface area contributed by atoms with E-state index in [2.05, 4.69) is 62.2 Å². The Morgan fingerprint density at radius 1 is 0.968 bits per heavy atom. The van der Waals surface area contributed by atoms with Gasteiger partial charge in [0, 0.05) is 22.6 Å². The normalized spacial score (nSPS) is 20.0. The van der Waals surface area contributed by atoms with Gasteiger partial charge in [-0.1, -0.05) is 98.6 Å². The van der Waals surface area contributed by atoms with E-state index in [-0.39, 0.29) is 17.7 Å². The van der Waals surface area contributed by atoms with Crippen molar-refractivity contribution in [1.82, 2.24) is 5.01 Å². The second-order valence-corrected chi connectivity index (χ2v) is 10.0. The van der Waals surface area contributed by atoms with Crippen LogP contribution in [0.2, 0.25) is 10.0 Å². The van der Waals surface area contributed by atoms with Gasteiger partial charge in [0.2, 0.25) is 6.23 Å². The minimum absolute atomic E-state index is 0.0162. The number of hydrazone groups is 1. The summed E-state index contributed by atoms with van der Waals surface area (Å²) < 4.78 is 6.46. The summed E-state index contributed by atoms with van der Waals surface area (Å²) in [4.78, 5) is 0. The predicted molar refractivity (Wildman–Crippen MR) is 127 cm³/mol. The van der Waals surface area contributed by atoms with E-state index in [9.17, 15) is 0 Å². The molecule has 5 rings (SSSR count). The number of nitrogens with zero attached hydrogens (tertiary/aromatic N) is 2. The average molecular weight is 451 g/mol. The number of hydrogen-bond acceptors (Lipinski definition) is 3. The van der Waals surface area contributed by atoms with Crippen LogP contribution in [0.1, 0.15) is 61.7 Å². The molecule has 3 nitrogen and oxygen atoms in total. The molecule has 0 amide bonds. The van der Waals surface area contributed by atoms with Crippen molar-refractivity contribution in [2.75, 3.05) is 0 Å². The molecule has 5 heteroatoms. The highest BCUT2D eigenvalue weighted by Crippen LogP contribution is 2.50. The Kier molecular flexibility index (Phi) is 4.99. The van der Waals surface area contributed by atoms with Gasteiger partial charge in [0.25, 0.3) is 0 Å². The zero-order valence-electron chi connectivity index (χ0n) is 17.8. The first-order valence-electron chi connectivity index (χ1n) is 10.5. The fourth-order valence-electron chi connectivity index (χ4n) is 4.29. The van der Waals surface area contributed by atoms with Gasteiger partial charge in [0.1, 0.15) is 5.75 Å². The van der Waals surface area contributed by atoms with Gasteiger partial charge in [-0.2, -0.15) is 5.10 Å². The Morgan fingerprint density at radius 2 is 1.68 bits per heavy atom. The molecule has 3 aromatic rings. The molecular weight excluding hydrogens is 427 g/mol. The standard InChI is InChI=1S/C26H24Cl2N2O/c1-26(2,3)18-11-9-17(10-12-18)25-30-23(15-22(29-30)16-7-5-4-6-8-16)20-13-19(27)14-21(28)24(20)31-25/h4-14,23,25H,15H2,1-3H3/t23-,25+/m1/s1. The first-order valence-corrected chi connectivity index (χ1v) is 11.2. The fourth-order valence-corrected chi connectivity index (χ4v) is 4.84. The van der Waals surface area contributed by atoms with Crippen molar-refractivity contribution in [3.8, 4) is 5.75 Å². The first-order chi connectivity index (χ1) is 14.8. The quantitative estimate of drug-likeness (QED) is 0.402. The third-order valence-corrected chi connectivity index (χ3v) is 6.48. The molecule has 2 heterocycles. The topological polar surface area (TPSA) is 24.8 Å². The van der Waals surface area contributed by atoms with Crippen molar-refractivity contribution in [1.29, 1.82) is 0 Å². The van der Waals surface area contributed by atoms with Crippen LogP contribution >= 0.6 is 23.2 Å². The lowest BCUT2D eigenvalue weighted by atomic mass is 9.86. The van der Waals surface area contributed by atoms with Crippen LogP contribution in [0.15, 0.2) is 71.8 Å². The molecule has 3 aromatic carbocycles. The summed E-state index contributed by atoms with van der Waals surface area (Å²) in [6.45, 7) is 6.64. The molecule has 0 aromatic heterocycles. The van der Waals surface area contributed by atoms with E-state index in [0.717, 1.165) is 28.8 Å². The molecule has 0 fully saturated rings. The van der Waals surface area contributed by atoms with E-state index < -0.39 is 0 Å². The lowest BCUT2D eigenvalue weighted by molar-refractivity contribution is -0.0189. The zero-order valence-corrected chi connectivity index (χ0v) is 19.3. The summed E-state index contributed by atoms with van der Waals surface area (Å²) in [6.07, 6.45) is 0.416. The van der Waals surface area contributed by atoms with Gasteiger partial charge >= 0.3 is 0 Å². The van der Waals surface area contributed by atoms with E-state index in [1.807, 2.05) is 24.3 Å². The Labute approximate surface area is 193 Å². The second-order valence-electron chi connectivity index (χ2n) is 9.16. The molecule has 31 heavy (non-hydrogen) atoms. The van der Waals surface area contributed by atoms with E-state index in [1.165, 1.54) is 5.56 Å². The second kappa shape index (κ2) is 7.58. The molecule has 2 aliphatic heterocycles. The summed E-state index contributed by atoms with van der Waals surface area (Å²) in [7, 11) is 0. The lowest BCUT2D eigenvalue weighted by Crippen LogP contribution is -2.34. The molecule has 0 saturated heterocycles. The van der Waals surface area contributed by atoms with Crippen molar-refractivity contribution in [2.45, 2.75) is 44.9 Å². The van der Waals surface area contributed by atoms with Crippen molar-refractivity contribution < 1.29 is 4.74 Å². The van der Waals surface area contributed by atoms with E-state index >= 15 is 0 Å². The number of benzene rings is 3. The minimum atomic E-state index is -0.355. The third kappa shape index (κ3) is 3.71. The summed E-state index contributed by atoms with van der Waals surface area (Å²) in [6, 6.07) is 22.6. The summed E-state index contributed by atoms with van der Waals surface area (Å²) in [5.74, 6) is 0.696. The van der Waals surface area contributed by atoms with Crippen molar-refractivity contribution in [3.05, 3.63) is 99.0 Å². The minimum Gasteiger partial charge on any atom is -0.463 e. The third-order valence-electron chi connectivity index (χ3n) is 5.98. The highest BCUT2D eigenvalue weighted by molar-refractivity contribution is 6.35. The van der Waals surface area contributed by atoms with Gasteiger partial charge < -0.3 is 4.74 Å². The van der Waals surface area contributed by atoms with Gasteiger partial charge in [-0.25, -0.2) is 5.01 Å². The summed E-state index contributed by atoms with van der Waals surface area (Å²) in [5, 5.41) is 8.20. The van der Waals surface area contributed by atoms with Gasteiger partial charge in [-0.15, -0.1) is 0 Å². The summed E-state index contributed by atoms with van der Waals surface area (Å²) in [5.41, 5.74) is 5.56. The van der Waals surface area contributed by atoms with Crippen molar-refractivity contribution in [3.63, 3.8) is 0 Å². The number of hydrogen-bond donors (Lipinski definition) is 0. The number of rotatable bonds is 2. The molecule has 0 aliphatic carbocycles. The monoisotopic (exact) mass is 450 g/mol. The van der Waals surface area contributed by atoms with Crippen LogP contribution < -0.4 is 4.74 Å². The number of ether oxygens (including phenoxy) is 1. The smallest absolute Gasteiger partial charge is 0.213 e. The molecule has 0 saturated carbocycles. The molecule has 0 bridgehead atoms. The van der Waals surface area contributed by atoms with Crippen LogP contribution in [-0.4, -0.2) is 10.7 Å². The fraction of sp³-hybridized carbons (Fsp3) is 0.269. The van der Waals surface area contributed by atoms with Gasteiger partial charge in [0.15, 0.2) is 0 Å². The highest BCUT2D eigenvalue weighted by Gasteiger charge is 2.42. The SMILES string of the molecule is CC(C)(C)c1ccc([C@@H]2Oc3c(Cl)cc(Cl)cc3[C@H]3CC(c4ccccc4)=NN32)cc1. The number of fused-ring (bicyclic) bond motifs is 3. The average Bonchev–Trinajstić information content (AvgIpc) is 3.19. The van der Waals surface area contributed by atoms with E-state index in [1.54, 1.807) is 6.07 Å². The molecule has 2 aliphatic rings. The van der Waals surface area contributed by atoms with Gasteiger partial charge in [-0.3, -0.25) is 0 Å². The van der Waals surface area contributed by atoms with Crippen molar-refractivity contribution in [2.24, 2.45) is 5.10 Å². The van der Waals surface area contributed by atoms with Crippen LogP contribution in [0.5, 0.6) is 5.75 Å². The van der Waals surface area contributed by atoms with Crippen LogP contribution in [0.25, 0.3) is 0 Å². The summed E-state index contributed by atoms with van der Waals surface area (Å²) >= 11 is 12.9. The van der Waals surface area contributed by atoms with Crippen molar-refractivity contribution >= 4 is 28.9 Å². The largest absolute Gasteiger partial charge is 0.463 e. The Morgan fingerprint density at radius 3 is 2.35 bits per heavy atom. The van der Waals surface area contributed by atoms with Gasteiger partial charge in [0.05, 0.1) is 16.8 Å². The molecule has 0 unspecified atom stereocenters. The maximum Gasteiger partial charge on any atom is 0.213 e. The molecule has 0 radical (unpaired) electrons. The molecule has 0 spiro atoms. The van der Waals surface area contributed by atoms with E-state index in [4.69, 9.17) is 33.0 Å². The van der Waals surface area contributed by atoms with Gasteiger partial charge in [-0.05, 0) is 28.7 Å².